The fourth-order valence-electron chi connectivity index (χ4n) is 14.7. The minimum absolute atomic E-state index is 0.0486. The molecule has 4 fully saturated rings. The predicted molar refractivity (Wildman–Crippen MR) is 290 cm³/mol. The van der Waals surface area contributed by atoms with Crippen LogP contribution >= 0.6 is 0 Å². The van der Waals surface area contributed by atoms with Gasteiger partial charge in [-0.15, -0.1) is 0 Å². The second-order valence-electron chi connectivity index (χ2n) is 23.4. The molecule has 3 unspecified atom stereocenters. The molecule has 7 rings (SSSR count). The third-order valence-corrected chi connectivity index (χ3v) is 18.7. The number of benzene rings is 3. The van der Waals surface area contributed by atoms with Crippen LogP contribution in [0.5, 0.6) is 0 Å². The van der Waals surface area contributed by atoms with Gasteiger partial charge in [-0.2, -0.15) is 0 Å². The van der Waals surface area contributed by atoms with Gasteiger partial charge in [0.15, 0.2) is 0 Å². The molecule has 0 spiro atoms. The van der Waals surface area contributed by atoms with Gasteiger partial charge in [0.25, 0.3) is 0 Å². The highest BCUT2D eigenvalue weighted by molar-refractivity contribution is 5.76. The van der Waals surface area contributed by atoms with Crippen LogP contribution in [0.2, 0.25) is 0 Å². The molecule has 4 saturated carbocycles. The van der Waals surface area contributed by atoms with E-state index in [1.165, 1.54) is 87.3 Å². The van der Waals surface area contributed by atoms with E-state index in [1.54, 1.807) is 0 Å². The second-order valence-corrected chi connectivity index (χ2v) is 23.4. The lowest BCUT2D eigenvalue weighted by molar-refractivity contribution is -0.227. The summed E-state index contributed by atoms with van der Waals surface area (Å²) in [5.74, 6) is 3.57. The number of unbranched alkanes of at least 4 members (excludes halogenated alkanes) is 7. The maximum Gasteiger partial charge on any atom is 0.222 e. The summed E-state index contributed by atoms with van der Waals surface area (Å²) in [6.45, 7) is 21.7. The fourth-order valence-corrected chi connectivity index (χ4v) is 14.7. The van der Waals surface area contributed by atoms with Crippen molar-refractivity contribution in [2.75, 3.05) is 32.9 Å². The first-order valence-corrected chi connectivity index (χ1v) is 29.1. The van der Waals surface area contributed by atoms with E-state index in [1.807, 2.05) is 0 Å². The Morgan fingerprint density at radius 1 is 0.614 bits per heavy atom. The monoisotopic (exact) mass is 959 g/mol. The molecule has 0 aliphatic heterocycles. The zero-order valence-electron chi connectivity index (χ0n) is 45.2. The van der Waals surface area contributed by atoms with Crippen molar-refractivity contribution in [2.24, 2.45) is 46.3 Å². The molecule has 3 aromatic carbocycles. The molecule has 1 amide bonds. The lowest BCUT2D eigenvalue weighted by atomic mass is 9.43. The molecule has 388 valence electrons. The maximum absolute atomic E-state index is 14.4. The van der Waals surface area contributed by atoms with E-state index in [0.29, 0.717) is 60.5 Å². The molecular weight excluding hydrogens is 861 g/mol. The number of fused-ring (bicyclic) bond motifs is 5. The Bertz CT molecular complexity index is 1870. The van der Waals surface area contributed by atoms with Gasteiger partial charge in [-0.25, -0.2) is 0 Å². The van der Waals surface area contributed by atoms with Gasteiger partial charge in [0, 0.05) is 64.4 Å². The van der Waals surface area contributed by atoms with E-state index >= 15 is 0 Å². The van der Waals surface area contributed by atoms with E-state index in [0.717, 1.165) is 97.4 Å². The Hall–Kier alpha value is -3.03. The van der Waals surface area contributed by atoms with Gasteiger partial charge in [-0.05, 0) is 135 Å². The second kappa shape index (κ2) is 27.9. The third-order valence-electron chi connectivity index (χ3n) is 18.7. The molecular formula is C64H98N2O4. The van der Waals surface area contributed by atoms with Gasteiger partial charge in [-0.1, -0.05) is 177 Å². The van der Waals surface area contributed by atoms with Crippen molar-refractivity contribution in [3.63, 3.8) is 0 Å². The van der Waals surface area contributed by atoms with E-state index in [4.69, 9.17) is 14.2 Å². The summed E-state index contributed by atoms with van der Waals surface area (Å²) in [5.41, 5.74) is 4.28. The Balaban J connectivity index is 1.09. The third kappa shape index (κ3) is 14.4. The molecule has 4 aliphatic carbocycles. The molecule has 0 heterocycles. The summed E-state index contributed by atoms with van der Waals surface area (Å²) >= 11 is 0. The number of ether oxygens (including phenoxy) is 3. The number of carbonyl (C=O) groups excluding carboxylic acids is 1. The van der Waals surface area contributed by atoms with Gasteiger partial charge >= 0.3 is 0 Å². The zero-order chi connectivity index (χ0) is 49.2. The van der Waals surface area contributed by atoms with E-state index in [2.05, 4.69) is 142 Å². The number of rotatable bonds is 30. The lowest BCUT2D eigenvalue weighted by Gasteiger charge is -2.65. The molecule has 6 nitrogen and oxygen atoms in total. The molecule has 11 atom stereocenters. The molecule has 3 aromatic rings. The van der Waals surface area contributed by atoms with Crippen molar-refractivity contribution in [1.29, 1.82) is 0 Å². The predicted octanol–water partition coefficient (Wildman–Crippen LogP) is 15.5. The van der Waals surface area contributed by atoms with Crippen LogP contribution in [0.15, 0.2) is 91.0 Å². The quantitative estimate of drug-likeness (QED) is 0.0623. The summed E-state index contributed by atoms with van der Waals surface area (Å²) in [6.07, 6.45) is 23.9. The van der Waals surface area contributed by atoms with Crippen molar-refractivity contribution in [1.82, 2.24) is 9.80 Å². The molecule has 0 radical (unpaired) electrons. The molecule has 0 N–H and O–H groups in total. The number of nitrogens with zero attached hydrogens (tertiary/aromatic N) is 2. The number of carbonyl (C=O) groups is 1. The Morgan fingerprint density at radius 3 is 1.84 bits per heavy atom. The van der Waals surface area contributed by atoms with Crippen LogP contribution in [0.4, 0.5) is 0 Å². The van der Waals surface area contributed by atoms with Crippen LogP contribution in [0.25, 0.3) is 0 Å². The van der Waals surface area contributed by atoms with E-state index in [9.17, 15) is 4.79 Å². The van der Waals surface area contributed by atoms with Crippen LogP contribution in [-0.2, 0) is 38.6 Å². The van der Waals surface area contributed by atoms with Crippen molar-refractivity contribution in [3.8, 4) is 0 Å². The molecule has 0 saturated heterocycles. The van der Waals surface area contributed by atoms with Crippen molar-refractivity contribution in [3.05, 3.63) is 108 Å². The van der Waals surface area contributed by atoms with Crippen molar-refractivity contribution >= 4 is 5.91 Å². The zero-order valence-corrected chi connectivity index (χ0v) is 45.2. The molecule has 70 heavy (non-hydrogen) atoms. The highest BCUT2D eigenvalue weighted by Gasteiger charge is 2.66. The fraction of sp³-hybridized carbons (Fsp3) is 0.703. The standard InChI is InChI=1S/C64H98N2O4/c1-7-10-13-14-15-25-40-66(49-53-31-23-18-24-32-53)61(67)36-33-50(4)56-34-35-57-62-58(46-60(64(56,57)6)70-42-12-9-3)63(5)38-37-55(68-41-11-8-2)44-54(63)45-59(62)69-43-26-39-65(47-51-27-19-16-20-28-51)48-52-29-21-17-22-30-52/h16-24,27-32,50,54-60,62H,7-15,25-26,33-49H2,1-6H3/t50?,54?,55-,56-,57+,58+,59-,60+,62?,63+,64-/m1/s1. The van der Waals surface area contributed by atoms with Crippen LogP contribution in [-0.4, -0.2) is 66.9 Å². The lowest BCUT2D eigenvalue weighted by Crippen LogP contribution is -2.63. The summed E-state index contributed by atoms with van der Waals surface area (Å²) < 4.78 is 21.4. The van der Waals surface area contributed by atoms with Crippen LogP contribution < -0.4 is 0 Å². The molecule has 4 aliphatic rings. The van der Waals surface area contributed by atoms with Crippen molar-refractivity contribution in [2.45, 2.75) is 208 Å². The summed E-state index contributed by atoms with van der Waals surface area (Å²) in [5, 5.41) is 0. The minimum atomic E-state index is 0.0486. The van der Waals surface area contributed by atoms with Gasteiger partial charge in [0.2, 0.25) is 5.91 Å². The Labute approximate surface area is 427 Å². The first-order valence-electron chi connectivity index (χ1n) is 29.1. The first kappa shape index (κ1) is 54.7. The van der Waals surface area contributed by atoms with Gasteiger partial charge in [0.1, 0.15) is 0 Å². The molecule has 0 bridgehead atoms. The van der Waals surface area contributed by atoms with E-state index < -0.39 is 0 Å². The summed E-state index contributed by atoms with van der Waals surface area (Å²) in [6, 6.07) is 32.6. The topological polar surface area (TPSA) is 51.2 Å². The smallest absolute Gasteiger partial charge is 0.222 e. The summed E-state index contributed by atoms with van der Waals surface area (Å²) in [4.78, 5) is 19.2. The number of amides is 1. The van der Waals surface area contributed by atoms with Crippen LogP contribution in [0, 0.1) is 46.3 Å². The molecule has 0 aromatic heterocycles. The largest absolute Gasteiger partial charge is 0.378 e. The normalized spacial score (nSPS) is 28.8. The minimum Gasteiger partial charge on any atom is -0.378 e. The number of hydrogen-bond donors (Lipinski definition) is 0. The average Bonchev–Trinajstić information content (AvgIpc) is 3.74. The first-order chi connectivity index (χ1) is 34.2. The van der Waals surface area contributed by atoms with Crippen LogP contribution in [0.1, 0.15) is 187 Å². The highest BCUT2D eigenvalue weighted by atomic mass is 16.5. The Kier molecular flexibility index (Phi) is 21.8. The SMILES string of the molecule is CCCCCCCCN(Cc1ccccc1)C(=O)CCC(C)[C@H]1CC[C@H]2C3[C@H](OCCCN(Cc4ccccc4)Cc4ccccc4)CC4C[C@H](OCCCC)CC[C@]4(C)[C@H]3C[C@H](OCCCC)[C@]12C. The number of hydrogen-bond acceptors (Lipinski definition) is 5. The van der Waals surface area contributed by atoms with Gasteiger partial charge in [-0.3, -0.25) is 9.69 Å². The van der Waals surface area contributed by atoms with E-state index in [-0.39, 0.29) is 23.0 Å². The van der Waals surface area contributed by atoms with Gasteiger partial charge in [0.05, 0.1) is 18.3 Å². The van der Waals surface area contributed by atoms with Crippen LogP contribution in [0.3, 0.4) is 0 Å². The maximum atomic E-state index is 14.4. The van der Waals surface area contributed by atoms with Crippen molar-refractivity contribution < 1.29 is 19.0 Å². The Morgan fingerprint density at radius 2 is 1.20 bits per heavy atom. The molecule has 6 heteroatoms. The highest BCUT2D eigenvalue weighted by Crippen LogP contribution is 2.69. The van der Waals surface area contributed by atoms with Gasteiger partial charge < -0.3 is 19.1 Å². The average molecular weight is 959 g/mol. The summed E-state index contributed by atoms with van der Waals surface area (Å²) in [7, 11) is 0.